The van der Waals surface area contributed by atoms with Gasteiger partial charge in [-0.1, -0.05) is 88.2 Å². The van der Waals surface area contributed by atoms with Crippen molar-refractivity contribution in [3.05, 3.63) is 91.0 Å². The van der Waals surface area contributed by atoms with E-state index in [0.29, 0.717) is 10.8 Å². The largest absolute Gasteiger partial charge is 1.00 e. The Morgan fingerprint density at radius 1 is 0.636 bits per heavy atom. The van der Waals surface area contributed by atoms with Crippen LogP contribution in [0.3, 0.4) is 0 Å². The molecule has 0 unspecified atom stereocenters. The third kappa shape index (κ3) is 5.49. The maximum Gasteiger partial charge on any atom is 0.112 e. The van der Waals surface area contributed by atoms with Crippen LogP contribution in [0.1, 0.15) is 97.8 Å². The van der Waals surface area contributed by atoms with Crippen molar-refractivity contribution in [2.75, 3.05) is 6.16 Å². The number of fused-ring (bicyclic) bond motifs is 5. The number of hydrogen-bond donors (Lipinski definition) is 0. The molecule has 0 amide bonds. The smallest absolute Gasteiger partial charge is 0.112 e. The molecular formula is C42H56BrP. The van der Waals surface area contributed by atoms with Crippen LogP contribution in [0.25, 0.3) is 0 Å². The van der Waals surface area contributed by atoms with E-state index >= 15 is 0 Å². The van der Waals surface area contributed by atoms with E-state index in [1.54, 1.807) is 6.42 Å². The fourth-order valence-electron chi connectivity index (χ4n) is 12.0. The lowest BCUT2D eigenvalue weighted by molar-refractivity contribution is -0.114. The fraction of sp³-hybridized carbons (Fsp3) is 0.571. The standard InChI is InChI=1S/C42H56P.BrH/c1-32(38-26-27-39-37-25-24-33-17-13-14-29-41(33,2)40(37)28-30-42(38,39)3)16-15-31-43(34-18-7-4-8-19-34,35-20-9-5-10-21-35)36-22-11-6-12-23-36;/h4-12,18-23,32-33,37-40H,13-17,24-31H2,1-3H3;1H/q+1;/p-1/t32-,33+,37+,38-,39+,40+,41+,42-;/m1./s1. The van der Waals surface area contributed by atoms with Crippen LogP contribution in [0.4, 0.5) is 0 Å². The number of hydrogen-bond acceptors (Lipinski definition) is 0. The van der Waals surface area contributed by atoms with Gasteiger partial charge in [0.15, 0.2) is 0 Å². The van der Waals surface area contributed by atoms with E-state index in [9.17, 15) is 0 Å². The lowest BCUT2D eigenvalue weighted by Gasteiger charge is -2.61. The Balaban J connectivity index is 0.00000343. The minimum Gasteiger partial charge on any atom is -1.00 e. The van der Waals surface area contributed by atoms with Gasteiger partial charge in [0.1, 0.15) is 23.2 Å². The van der Waals surface area contributed by atoms with Gasteiger partial charge in [-0.3, -0.25) is 0 Å². The first-order valence-corrected chi connectivity index (χ1v) is 20.0. The van der Waals surface area contributed by atoms with Crippen molar-refractivity contribution in [3.63, 3.8) is 0 Å². The van der Waals surface area contributed by atoms with E-state index in [1.807, 2.05) is 0 Å². The molecule has 0 aromatic heterocycles. The normalized spacial score (nSPS) is 33.8. The SMILES string of the molecule is C[C@H](CCC[P+](c1ccccc1)(c1ccccc1)c1ccccc1)[C@H]1CC[C@H]2[C@@H]3CC[C@@H]4CCCC[C@]4(C)[C@H]3CC[C@]12C.[Br-]. The van der Waals surface area contributed by atoms with Crippen LogP contribution >= 0.6 is 7.26 Å². The first-order chi connectivity index (χ1) is 21.0. The molecule has 8 atom stereocenters. The molecule has 4 fully saturated rings. The maximum atomic E-state index is 2.77. The van der Waals surface area contributed by atoms with Crippen molar-refractivity contribution in [2.24, 2.45) is 46.3 Å². The van der Waals surface area contributed by atoms with Crippen molar-refractivity contribution in [1.29, 1.82) is 0 Å². The average Bonchev–Trinajstić information content (AvgIpc) is 3.41. The van der Waals surface area contributed by atoms with Crippen LogP contribution in [0, 0.1) is 46.3 Å². The van der Waals surface area contributed by atoms with E-state index < -0.39 is 7.26 Å². The number of benzene rings is 3. The zero-order valence-electron chi connectivity index (χ0n) is 27.6. The molecule has 0 spiro atoms. The zero-order chi connectivity index (χ0) is 29.5. The van der Waals surface area contributed by atoms with Crippen LogP contribution in [-0.4, -0.2) is 6.16 Å². The van der Waals surface area contributed by atoms with Gasteiger partial charge >= 0.3 is 0 Å². The van der Waals surface area contributed by atoms with E-state index in [2.05, 4.69) is 112 Å². The van der Waals surface area contributed by atoms with Gasteiger partial charge in [0.25, 0.3) is 0 Å². The predicted molar refractivity (Wildman–Crippen MR) is 188 cm³/mol. The first kappa shape index (κ1) is 32.5. The molecule has 4 aliphatic rings. The highest BCUT2D eigenvalue weighted by Crippen LogP contribution is 2.68. The van der Waals surface area contributed by atoms with E-state index in [-0.39, 0.29) is 17.0 Å². The summed E-state index contributed by atoms with van der Waals surface area (Å²) in [6.07, 6.45) is 19.1. The van der Waals surface area contributed by atoms with Crippen LogP contribution in [0.2, 0.25) is 0 Å². The van der Waals surface area contributed by atoms with Crippen molar-refractivity contribution < 1.29 is 17.0 Å². The summed E-state index contributed by atoms with van der Waals surface area (Å²) in [5.41, 5.74) is 1.23. The maximum absolute atomic E-state index is 2.77. The first-order valence-electron chi connectivity index (χ1n) is 18.0. The Bertz CT molecular complexity index is 1240. The monoisotopic (exact) mass is 670 g/mol. The van der Waals surface area contributed by atoms with Crippen LogP contribution in [0.5, 0.6) is 0 Å². The Labute approximate surface area is 280 Å². The van der Waals surface area contributed by atoms with Crippen molar-refractivity contribution in [2.45, 2.75) is 97.8 Å². The molecule has 3 aromatic rings. The third-order valence-corrected chi connectivity index (χ3v) is 18.6. The quantitative estimate of drug-likeness (QED) is 0.219. The van der Waals surface area contributed by atoms with Gasteiger partial charge in [-0.2, -0.15) is 0 Å². The van der Waals surface area contributed by atoms with Crippen molar-refractivity contribution >= 4 is 23.2 Å². The molecule has 0 N–H and O–H groups in total. The highest BCUT2D eigenvalue weighted by atomic mass is 79.9. The Kier molecular flexibility index (Phi) is 9.87. The summed E-state index contributed by atoms with van der Waals surface area (Å²) in [7, 11) is -1.73. The van der Waals surface area contributed by atoms with Crippen LogP contribution in [-0.2, 0) is 0 Å². The van der Waals surface area contributed by atoms with Crippen LogP contribution < -0.4 is 32.9 Å². The summed E-state index contributed by atoms with van der Waals surface area (Å²) < 4.78 is 0. The molecule has 0 aliphatic heterocycles. The number of rotatable bonds is 8. The van der Waals surface area contributed by atoms with E-state index in [0.717, 1.165) is 35.5 Å². The second kappa shape index (κ2) is 13.4. The fourth-order valence-corrected chi connectivity index (χ4v) is 16.4. The molecule has 0 nitrogen and oxygen atoms in total. The van der Waals surface area contributed by atoms with E-state index in [4.69, 9.17) is 0 Å². The summed E-state index contributed by atoms with van der Waals surface area (Å²) in [4.78, 5) is 0. The molecule has 0 saturated heterocycles. The van der Waals surface area contributed by atoms with Gasteiger partial charge in [0.2, 0.25) is 0 Å². The summed E-state index contributed by atoms with van der Waals surface area (Å²) in [6, 6.07) is 34.6. The highest BCUT2D eigenvalue weighted by Gasteiger charge is 2.60. The molecule has 4 saturated carbocycles. The van der Waals surface area contributed by atoms with Gasteiger partial charge in [0, 0.05) is 0 Å². The molecule has 0 bridgehead atoms. The Hall–Kier alpha value is -1.43. The van der Waals surface area contributed by atoms with E-state index in [1.165, 1.54) is 92.7 Å². The molecule has 7 rings (SSSR count). The molecular weight excluding hydrogens is 615 g/mol. The second-order valence-corrected chi connectivity index (χ2v) is 19.4. The third-order valence-electron chi connectivity index (χ3n) is 14.1. The summed E-state index contributed by atoms with van der Waals surface area (Å²) in [5, 5.41) is 4.62. The van der Waals surface area contributed by atoms with Gasteiger partial charge < -0.3 is 17.0 Å². The summed E-state index contributed by atoms with van der Waals surface area (Å²) >= 11 is 0. The van der Waals surface area contributed by atoms with Crippen LogP contribution in [0.15, 0.2) is 91.0 Å². The molecule has 4 aliphatic carbocycles. The van der Waals surface area contributed by atoms with Gasteiger partial charge in [-0.05, 0) is 147 Å². The lowest BCUT2D eigenvalue weighted by atomic mass is 9.44. The van der Waals surface area contributed by atoms with Crippen molar-refractivity contribution in [3.8, 4) is 0 Å². The Morgan fingerprint density at radius 3 is 1.80 bits per heavy atom. The molecule has 236 valence electrons. The average molecular weight is 672 g/mol. The minimum atomic E-state index is -1.73. The highest BCUT2D eigenvalue weighted by molar-refractivity contribution is 7.95. The predicted octanol–water partition coefficient (Wildman–Crippen LogP) is 7.45. The van der Waals surface area contributed by atoms with Crippen molar-refractivity contribution in [1.82, 2.24) is 0 Å². The van der Waals surface area contributed by atoms with Gasteiger partial charge in [-0.25, -0.2) is 0 Å². The lowest BCUT2D eigenvalue weighted by Crippen LogP contribution is -3.00. The molecule has 3 aromatic carbocycles. The zero-order valence-corrected chi connectivity index (χ0v) is 30.1. The number of halogens is 1. The topological polar surface area (TPSA) is 0 Å². The summed E-state index contributed by atoms with van der Waals surface area (Å²) in [6.45, 7) is 8.16. The molecule has 0 radical (unpaired) electrons. The van der Waals surface area contributed by atoms with Gasteiger partial charge in [-0.15, -0.1) is 0 Å². The minimum absolute atomic E-state index is 0. The molecule has 44 heavy (non-hydrogen) atoms. The van der Waals surface area contributed by atoms with Gasteiger partial charge in [0.05, 0.1) is 6.16 Å². The molecule has 0 heterocycles. The molecule has 2 heteroatoms. The Morgan fingerprint density at radius 2 is 1.20 bits per heavy atom. The summed E-state index contributed by atoms with van der Waals surface area (Å²) in [5.74, 6) is 5.79. The second-order valence-electron chi connectivity index (χ2n) is 15.8.